The number of rotatable bonds is 2. The van der Waals surface area contributed by atoms with E-state index in [4.69, 9.17) is 10.8 Å². The van der Waals surface area contributed by atoms with Crippen LogP contribution >= 0.6 is 0 Å². The first-order valence-corrected chi connectivity index (χ1v) is 8.08. The number of hydrogen-bond acceptors (Lipinski definition) is 5. The zero-order valence-corrected chi connectivity index (χ0v) is 14.4. The Kier molecular flexibility index (Phi) is 4.62. The summed E-state index contributed by atoms with van der Waals surface area (Å²) < 4.78 is 26.8. The van der Waals surface area contributed by atoms with Crippen LogP contribution in [0, 0.1) is 22.5 Å². The van der Waals surface area contributed by atoms with Gasteiger partial charge < -0.3 is 9.80 Å². The van der Waals surface area contributed by atoms with Crippen LogP contribution in [-0.4, -0.2) is 64.6 Å². The average Bonchev–Trinajstić information content (AvgIpc) is 3.01. The van der Waals surface area contributed by atoms with Crippen molar-refractivity contribution in [1.82, 2.24) is 9.80 Å². The maximum absolute atomic E-state index is 13.4. The first-order valence-electron chi connectivity index (χ1n) is 8.08. The first kappa shape index (κ1) is 17.8. The lowest BCUT2D eigenvalue weighted by Gasteiger charge is -2.41. The van der Waals surface area contributed by atoms with E-state index in [-0.39, 0.29) is 30.3 Å². The van der Waals surface area contributed by atoms with Crippen LogP contribution in [-0.2, 0) is 0 Å². The van der Waals surface area contributed by atoms with E-state index in [1.54, 1.807) is 13.8 Å². The van der Waals surface area contributed by atoms with Gasteiger partial charge in [0.05, 0.1) is 12.6 Å². The van der Waals surface area contributed by atoms with Gasteiger partial charge in [0.1, 0.15) is 34.9 Å². The Labute approximate surface area is 149 Å². The van der Waals surface area contributed by atoms with Crippen molar-refractivity contribution in [1.29, 1.82) is 10.8 Å². The van der Waals surface area contributed by atoms with Crippen molar-refractivity contribution >= 4 is 29.1 Å². The van der Waals surface area contributed by atoms with Gasteiger partial charge in [-0.25, -0.2) is 13.8 Å². The van der Waals surface area contributed by atoms with E-state index in [0.717, 1.165) is 12.1 Å². The number of carbonyl (C=O) groups is 1. The summed E-state index contributed by atoms with van der Waals surface area (Å²) in [6.45, 7) is 4.13. The molecule has 1 atom stereocenters. The SMILES string of the molecule is CC1=NCC(C(=N)N2CCN(C(=O)c3cc(F)cc(F)c3)[C@H](C)C2=N)=N1. The van der Waals surface area contributed by atoms with Gasteiger partial charge in [-0.2, -0.15) is 0 Å². The molecule has 0 unspecified atom stereocenters. The maximum Gasteiger partial charge on any atom is 0.254 e. The molecule has 1 saturated heterocycles. The Balaban J connectivity index is 1.76. The summed E-state index contributed by atoms with van der Waals surface area (Å²) in [4.78, 5) is 23.8. The summed E-state index contributed by atoms with van der Waals surface area (Å²) in [5.41, 5.74) is 0.376. The Bertz CT molecular complexity index is 843. The van der Waals surface area contributed by atoms with Crippen molar-refractivity contribution in [2.45, 2.75) is 19.9 Å². The summed E-state index contributed by atoms with van der Waals surface area (Å²) in [6, 6.07) is 2.01. The number of halogens is 2. The lowest BCUT2D eigenvalue weighted by molar-refractivity contribution is 0.0700. The van der Waals surface area contributed by atoms with Crippen LogP contribution in [0.15, 0.2) is 28.2 Å². The van der Waals surface area contributed by atoms with E-state index in [9.17, 15) is 13.6 Å². The molecule has 0 aliphatic carbocycles. The van der Waals surface area contributed by atoms with E-state index in [1.807, 2.05) is 0 Å². The zero-order chi connectivity index (χ0) is 19.0. The van der Waals surface area contributed by atoms with Crippen molar-refractivity contribution in [2.75, 3.05) is 19.6 Å². The van der Waals surface area contributed by atoms with E-state index >= 15 is 0 Å². The fourth-order valence-electron chi connectivity index (χ4n) is 2.99. The number of carbonyl (C=O) groups excluding carboxylic acids is 1. The molecule has 0 radical (unpaired) electrons. The van der Waals surface area contributed by atoms with Crippen LogP contribution in [0.5, 0.6) is 0 Å². The zero-order valence-electron chi connectivity index (χ0n) is 14.4. The fourth-order valence-corrected chi connectivity index (χ4v) is 2.99. The number of nitrogens with one attached hydrogen (secondary N) is 2. The van der Waals surface area contributed by atoms with Crippen LogP contribution in [0.1, 0.15) is 24.2 Å². The lowest BCUT2D eigenvalue weighted by Crippen LogP contribution is -2.59. The molecule has 136 valence electrons. The Morgan fingerprint density at radius 1 is 1.23 bits per heavy atom. The van der Waals surface area contributed by atoms with Crippen LogP contribution in [0.2, 0.25) is 0 Å². The molecule has 0 spiro atoms. The number of hydrogen-bond donors (Lipinski definition) is 2. The fraction of sp³-hybridized carbons (Fsp3) is 0.353. The minimum absolute atomic E-state index is 0.0544. The van der Waals surface area contributed by atoms with E-state index in [0.29, 0.717) is 24.2 Å². The molecule has 0 bridgehead atoms. The highest BCUT2D eigenvalue weighted by molar-refractivity contribution is 6.45. The second-order valence-electron chi connectivity index (χ2n) is 6.14. The molecule has 1 aromatic carbocycles. The van der Waals surface area contributed by atoms with Gasteiger partial charge in [0.2, 0.25) is 0 Å². The van der Waals surface area contributed by atoms with E-state index in [1.165, 1.54) is 9.80 Å². The molecule has 1 amide bonds. The highest BCUT2D eigenvalue weighted by Gasteiger charge is 2.35. The normalized spacial score (nSPS) is 20.2. The van der Waals surface area contributed by atoms with Crippen molar-refractivity contribution in [3.05, 3.63) is 35.4 Å². The average molecular weight is 360 g/mol. The van der Waals surface area contributed by atoms with Crippen LogP contribution in [0.4, 0.5) is 8.78 Å². The topological polar surface area (TPSA) is 96.0 Å². The third-order valence-electron chi connectivity index (χ3n) is 4.39. The van der Waals surface area contributed by atoms with Crippen molar-refractivity contribution < 1.29 is 13.6 Å². The number of nitrogens with zero attached hydrogens (tertiary/aromatic N) is 4. The molecular formula is C17H18F2N6O. The van der Waals surface area contributed by atoms with Crippen LogP contribution in [0.3, 0.4) is 0 Å². The summed E-state index contributed by atoms with van der Waals surface area (Å²) >= 11 is 0. The molecule has 7 nitrogen and oxygen atoms in total. The monoisotopic (exact) mass is 360 g/mol. The molecule has 1 fully saturated rings. The lowest BCUT2D eigenvalue weighted by atomic mass is 10.1. The molecular weight excluding hydrogens is 342 g/mol. The minimum Gasteiger partial charge on any atom is -0.327 e. The first-order chi connectivity index (χ1) is 12.3. The highest BCUT2D eigenvalue weighted by Crippen LogP contribution is 2.18. The number of piperazine rings is 1. The van der Waals surface area contributed by atoms with Gasteiger partial charge in [0, 0.05) is 24.7 Å². The number of aliphatic imine (C=N–C) groups is 2. The van der Waals surface area contributed by atoms with Gasteiger partial charge in [-0.1, -0.05) is 0 Å². The molecule has 26 heavy (non-hydrogen) atoms. The molecule has 2 heterocycles. The molecule has 2 N–H and O–H groups in total. The molecule has 1 aromatic rings. The molecule has 3 rings (SSSR count). The van der Waals surface area contributed by atoms with Gasteiger partial charge in [0.15, 0.2) is 0 Å². The van der Waals surface area contributed by atoms with Gasteiger partial charge in [-0.3, -0.25) is 20.6 Å². The largest absolute Gasteiger partial charge is 0.327 e. The summed E-state index contributed by atoms with van der Waals surface area (Å²) in [6.07, 6.45) is 0. The third kappa shape index (κ3) is 3.24. The summed E-state index contributed by atoms with van der Waals surface area (Å²) in [5, 5.41) is 16.6. The predicted molar refractivity (Wildman–Crippen MR) is 94.4 cm³/mol. The standard InChI is InChI=1S/C17H18F2N6O/c1-9-15(20)25(16(21)14-8-22-10(2)23-14)4-3-24(9)17(26)11-5-12(18)7-13(19)6-11/h5-7,9,20-21H,3-4,8H2,1-2H3/t9-/m1/s1. The highest BCUT2D eigenvalue weighted by atomic mass is 19.1. The van der Waals surface area contributed by atoms with Gasteiger partial charge in [-0.05, 0) is 26.0 Å². The Hall–Kier alpha value is -2.97. The van der Waals surface area contributed by atoms with E-state index in [2.05, 4.69) is 9.98 Å². The predicted octanol–water partition coefficient (Wildman–Crippen LogP) is 1.94. The second-order valence-corrected chi connectivity index (χ2v) is 6.14. The van der Waals surface area contributed by atoms with Crippen LogP contribution in [0.25, 0.3) is 0 Å². The molecule has 9 heteroatoms. The van der Waals surface area contributed by atoms with Crippen LogP contribution < -0.4 is 0 Å². The summed E-state index contributed by atoms with van der Waals surface area (Å²) in [7, 11) is 0. The minimum atomic E-state index is -0.828. The number of amides is 1. The maximum atomic E-state index is 13.4. The van der Waals surface area contributed by atoms with Crippen molar-refractivity contribution in [3.8, 4) is 0 Å². The summed E-state index contributed by atoms with van der Waals surface area (Å²) in [5.74, 6) is -1.47. The molecule has 0 saturated carbocycles. The second kappa shape index (κ2) is 6.74. The van der Waals surface area contributed by atoms with Gasteiger partial charge in [0.25, 0.3) is 5.91 Å². The Morgan fingerprint density at radius 3 is 2.46 bits per heavy atom. The van der Waals surface area contributed by atoms with Gasteiger partial charge >= 0.3 is 0 Å². The van der Waals surface area contributed by atoms with Gasteiger partial charge in [-0.15, -0.1) is 0 Å². The van der Waals surface area contributed by atoms with Crippen molar-refractivity contribution in [3.63, 3.8) is 0 Å². The molecule has 2 aliphatic rings. The number of benzene rings is 1. The molecule has 0 aromatic heterocycles. The quantitative estimate of drug-likeness (QED) is 0.623. The smallest absolute Gasteiger partial charge is 0.254 e. The Morgan fingerprint density at radius 2 is 1.88 bits per heavy atom. The van der Waals surface area contributed by atoms with Crippen molar-refractivity contribution in [2.24, 2.45) is 9.98 Å². The third-order valence-corrected chi connectivity index (χ3v) is 4.39. The number of amidine groups is 3. The van der Waals surface area contributed by atoms with E-state index < -0.39 is 23.6 Å². The molecule has 2 aliphatic heterocycles.